The summed E-state index contributed by atoms with van der Waals surface area (Å²) in [7, 11) is 1.26. The summed E-state index contributed by atoms with van der Waals surface area (Å²) in [5.41, 5.74) is 0.461. The lowest BCUT2D eigenvalue weighted by molar-refractivity contribution is -0.142. The van der Waals surface area contributed by atoms with Gasteiger partial charge in [-0.05, 0) is 48.5 Å². The first kappa shape index (κ1) is 21.9. The van der Waals surface area contributed by atoms with E-state index in [0.717, 1.165) is 0 Å². The summed E-state index contributed by atoms with van der Waals surface area (Å²) in [5.74, 6) is 0.994. The van der Waals surface area contributed by atoms with Gasteiger partial charge in [0.15, 0.2) is 13.2 Å². The average Bonchev–Trinajstić information content (AvgIpc) is 2.78. The monoisotopic (exact) mass is 442 g/mol. The Hall–Kier alpha value is -3.78. The molecule has 0 bridgehead atoms. The molecule has 0 saturated carbocycles. The molecule has 0 fully saturated rings. The molecule has 0 unspecified atom stereocenters. The Balaban J connectivity index is 1.47. The van der Waals surface area contributed by atoms with Gasteiger partial charge in [-0.1, -0.05) is 17.7 Å². The highest BCUT2D eigenvalue weighted by molar-refractivity contribution is 6.32. The standard InChI is InChI=1S/C22H19ClN2O6/c1-28-22(27)14-30-19-10-5-15(12-18(19)23)25-20(26)13-29-16-6-8-17(9-7-16)31-21-4-2-3-11-24-21/h2-12H,13-14H2,1H3,(H,25,26). The van der Waals surface area contributed by atoms with E-state index in [0.29, 0.717) is 28.8 Å². The Morgan fingerprint density at radius 2 is 1.74 bits per heavy atom. The first-order valence-electron chi connectivity index (χ1n) is 9.14. The van der Waals surface area contributed by atoms with Crippen LogP contribution < -0.4 is 19.5 Å². The van der Waals surface area contributed by atoms with E-state index in [1.165, 1.54) is 13.2 Å². The van der Waals surface area contributed by atoms with Gasteiger partial charge in [-0.3, -0.25) is 4.79 Å². The molecular formula is C22H19ClN2O6. The van der Waals surface area contributed by atoms with Crippen LogP contribution >= 0.6 is 11.6 Å². The van der Waals surface area contributed by atoms with Crippen molar-refractivity contribution in [2.75, 3.05) is 25.6 Å². The molecule has 9 heteroatoms. The number of carbonyl (C=O) groups excluding carboxylic acids is 2. The van der Waals surface area contributed by atoms with Crippen molar-refractivity contribution in [1.82, 2.24) is 4.98 Å². The number of hydrogen-bond acceptors (Lipinski definition) is 7. The second-order valence-corrected chi connectivity index (χ2v) is 6.50. The summed E-state index contributed by atoms with van der Waals surface area (Å²) in [6.45, 7) is -0.458. The van der Waals surface area contributed by atoms with Crippen LogP contribution in [0.2, 0.25) is 5.02 Å². The van der Waals surface area contributed by atoms with E-state index < -0.39 is 5.97 Å². The molecule has 8 nitrogen and oxygen atoms in total. The highest BCUT2D eigenvalue weighted by Crippen LogP contribution is 2.28. The van der Waals surface area contributed by atoms with Gasteiger partial charge in [-0.25, -0.2) is 9.78 Å². The Bertz CT molecular complexity index is 1030. The van der Waals surface area contributed by atoms with E-state index in [2.05, 4.69) is 15.0 Å². The van der Waals surface area contributed by atoms with E-state index in [4.69, 9.17) is 25.8 Å². The number of anilines is 1. The van der Waals surface area contributed by atoms with E-state index in [-0.39, 0.29) is 24.1 Å². The van der Waals surface area contributed by atoms with Crippen molar-refractivity contribution in [3.63, 3.8) is 0 Å². The molecule has 1 heterocycles. The molecule has 31 heavy (non-hydrogen) atoms. The van der Waals surface area contributed by atoms with Gasteiger partial charge in [0.2, 0.25) is 5.88 Å². The molecule has 3 rings (SSSR count). The van der Waals surface area contributed by atoms with Crippen molar-refractivity contribution in [3.8, 4) is 23.1 Å². The number of aromatic nitrogens is 1. The second kappa shape index (κ2) is 10.8. The summed E-state index contributed by atoms with van der Waals surface area (Å²) in [6, 6.07) is 16.8. The van der Waals surface area contributed by atoms with Gasteiger partial charge in [0.1, 0.15) is 17.2 Å². The maximum atomic E-state index is 12.1. The number of rotatable bonds is 9. The molecular weight excluding hydrogens is 424 g/mol. The maximum absolute atomic E-state index is 12.1. The Kier molecular flexibility index (Phi) is 7.67. The molecule has 0 saturated heterocycles. The summed E-state index contributed by atoms with van der Waals surface area (Å²) < 4.78 is 20.8. The minimum Gasteiger partial charge on any atom is -0.484 e. The number of hydrogen-bond donors (Lipinski definition) is 1. The van der Waals surface area contributed by atoms with E-state index in [9.17, 15) is 9.59 Å². The summed E-state index contributed by atoms with van der Waals surface area (Å²) in [5, 5.41) is 2.91. The minimum atomic E-state index is -0.526. The quantitative estimate of drug-likeness (QED) is 0.498. The molecule has 1 amide bonds. The number of esters is 1. The lowest BCUT2D eigenvalue weighted by Gasteiger charge is -2.11. The number of benzene rings is 2. The van der Waals surface area contributed by atoms with Crippen molar-refractivity contribution in [1.29, 1.82) is 0 Å². The van der Waals surface area contributed by atoms with Crippen LogP contribution in [-0.4, -0.2) is 37.2 Å². The fourth-order valence-electron chi connectivity index (χ4n) is 2.37. The van der Waals surface area contributed by atoms with E-state index in [1.54, 1.807) is 54.7 Å². The molecule has 0 aliphatic heterocycles. The Labute approximate surface area is 183 Å². The Morgan fingerprint density at radius 3 is 2.42 bits per heavy atom. The van der Waals surface area contributed by atoms with Gasteiger partial charge in [0, 0.05) is 18.0 Å². The zero-order valence-electron chi connectivity index (χ0n) is 16.5. The van der Waals surface area contributed by atoms with Crippen molar-refractivity contribution < 1.29 is 28.5 Å². The SMILES string of the molecule is COC(=O)COc1ccc(NC(=O)COc2ccc(Oc3ccccn3)cc2)cc1Cl. The number of halogens is 1. The van der Waals surface area contributed by atoms with Crippen LogP contribution in [0.1, 0.15) is 0 Å². The van der Waals surface area contributed by atoms with Crippen LogP contribution in [0.15, 0.2) is 66.9 Å². The van der Waals surface area contributed by atoms with Crippen molar-refractivity contribution in [2.45, 2.75) is 0 Å². The predicted molar refractivity (Wildman–Crippen MR) is 114 cm³/mol. The molecule has 0 atom stereocenters. The third-order valence-corrected chi connectivity index (χ3v) is 4.14. The Morgan fingerprint density at radius 1 is 0.968 bits per heavy atom. The number of carbonyl (C=O) groups is 2. The zero-order chi connectivity index (χ0) is 22.1. The van der Waals surface area contributed by atoms with Crippen LogP contribution in [0, 0.1) is 0 Å². The smallest absolute Gasteiger partial charge is 0.343 e. The summed E-state index contributed by atoms with van der Waals surface area (Å²) >= 11 is 6.11. The van der Waals surface area contributed by atoms with Gasteiger partial charge in [-0.2, -0.15) is 0 Å². The molecule has 0 aliphatic carbocycles. The molecule has 1 aromatic heterocycles. The number of pyridine rings is 1. The number of nitrogens with one attached hydrogen (secondary N) is 1. The topological polar surface area (TPSA) is 96.0 Å². The predicted octanol–water partition coefficient (Wildman–Crippen LogP) is 4.10. The van der Waals surface area contributed by atoms with Gasteiger partial charge in [0.05, 0.1) is 12.1 Å². The first-order valence-corrected chi connectivity index (χ1v) is 9.52. The molecule has 2 aromatic carbocycles. The third kappa shape index (κ3) is 6.90. The van der Waals surface area contributed by atoms with Crippen molar-refractivity contribution in [2.24, 2.45) is 0 Å². The first-order chi connectivity index (χ1) is 15.0. The van der Waals surface area contributed by atoms with Crippen LogP contribution in [0.5, 0.6) is 23.1 Å². The number of methoxy groups -OCH3 is 1. The van der Waals surface area contributed by atoms with Crippen molar-refractivity contribution in [3.05, 3.63) is 71.9 Å². The highest BCUT2D eigenvalue weighted by Gasteiger charge is 2.09. The average molecular weight is 443 g/mol. The van der Waals surface area contributed by atoms with Crippen LogP contribution in [0.3, 0.4) is 0 Å². The number of nitrogens with zero attached hydrogens (tertiary/aromatic N) is 1. The minimum absolute atomic E-state index is 0.196. The molecule has 0 spiro atoms. The largest absolute Gasteiger partial charge is 0.484 e. The highest BCUT2D eigenvalue weighted by atomic mass is 35.5. The van der Waals surface area contributed by atoms with Gasteiger partial charge in [0.25, 0.3) is 5.91 Å². The second-order valence-electron chi connectivity index (χ2n) is 6.09. The third-order valence-electron chi connectivity index (χ3n) is 3.84. The molecule has 160 valence electrons. The lowest BCUT2D eigenvalue weighted by atomic mass is 10.3. The summed E-state index contributed by atoms with van der Waals surface area (Å²) in [6.07, 6.45) is 1.64. The van der Waals surface area contributed by atoms with E-state index in [1.807, 2.05) is 6.07 Å². The van der Waals surface area contributed by atoms with Crippen molar-refractivity contribution >= 4 is 29.2 Å². The van der Waals surface area contributed by atoms with Crippen LogP contribution in [0.25, 0.3) is 0 Å². The lowest BCUT2D eigenvalue weighted by Crippen LogP contribution is -2.20. The zero-order valence-corrected chi connectivity index (χ0v) is 17.3. The van der Waals surface area contributed by atoms with Crippen LogP contribution in [-0.2, 0) is 14.3 Å². The fraction of sp³-hybridized carbons (Fsp3) is 0.136. The van der Waals surface area contributed by atoms with Gasteiger partial charge in [-0.15, -0.1) is 0 Å². The number of amides is 1. The summed E-state index contributed by atoms with van der Waals surface area (Å²) in [4.78, 5) is 27.4. The maximum Gasteiger partial charge on any atom is 0.343 e. The van der Waals surface area contributed by atoms with Gasteiger partial charge >= 0.3 is 5.97 Å². The van der Waals surface area contributed by atoms with Gasteiger partial charge < -0.3 is 24.3 Å². The number of ether oxygens (including phenoxy) is 4. The molecule has 0 radical (unpaired) electrons. The van der Waals surface area contributed by atoms with E-state index >= 15 is 0 Å². The molecule has 1 N–H and O–H groups in total. The fourth-order valence-corrected chi connectivity index (χ4v) is 2.60. The van der Waals surface area contributed by atoms with Crippen LogP contribution in [0.4, 0.5) is 5.69 Å². The molecule has 0 aliphatic rings. The molecule has 3 aromatic rings. The normalized spacial score (nSPS) is 10.1.